The first-order chi connectivity index (χ1) is 23.3. The number of rotatable bonds is 7. The Bertz CT molecular complexity index is 1890. The van der Waals surface area contributed by atoms with Gasteiger partial charge in [-0.05, 0) is 202 Å². The van der Waals surface area contributed by atoms with Crippen LogP contribution in [-0.2, 0) is 10.8 Å². The van der Waals surface area contributed by atoms with Gasteiger partial charge in [0.1, 0.15) is 0 Å². The first-order valence-electron chi connectivity index (χ1n) is 19.0. The summed E-state index contributed by atoms with van der Waals surface area (Å²) < 4.78 is 0. The summed E-state index contributed by atoms with van der Waals surface area (Å²) in [5.74, 6) is 3.51. The van der Waals surface area contributed by atoms with E-state index in [9.17, 15) is 0 Å². The van der Waals surface area contributed by atoms with Gasteiger partial charge in [-0.1, -0.05) is 87.0 Å². The van der Waals surface area contributed by atoms with Crippen LogP contribution in [0, 0.1) is 34.5 Å². The fraction of sp³-hybridized carbons (Fsp3) is 0.417. The lowest BCUT2D eigenvalue weighted by Crippen LogP contribution is -2.66. The van der Waals surface area contributed by atoms with Crippen LogP contribution in [0.1, 0.15) is 110 Å². The lowest BCUT2D eigenvalue weighted by molar-refractivity contribution is -0.211. The van der Waals surface area contributed by atoms with Crippen LogP contribution < -0.4 is 0 Å². The summed E-state index contributed by atoms with van der Waals surface area (Å²) in [7, 11) is 0. The van der Waals surface area contributed by atoms with Gasteiger partial charge in [0.2, 0.25) is 0 Å². The zero-order valence-electron chi connectivity index (χ0n) is 28.7. The van der Waals surface area contributed by atoms with Gasteiger partial charge in [0.15, 0.2) is 0 Å². The van der Waals surface area contributed by atoms with Crippen molar-refractivity contribution in [3.63, 3.8) is 0 Å². The van der Waals surface area contributed by atoms with E-state index in [1.54, 1.807) is 11.1 Å². The third kappa shape index (κ3) is 3.84. The molecule has 8 aliphatic rings. The van der Waals surface area contributed by atoms with Crippen LogP contribution in [0.4, 0.5) is 0 Å². The zero-order valence-corrected chi connectivity index (χ0v) is 28.7. The van der Waals surface area contributed by atoms with Crippen LogP contribution in [0.2, 0.25) is 0 Å². The number of fused-ring (bicyclic) bond motifs is 2. The van der Waals surface area contributed by atoms with Crippen molar-refractivity contribution in [3.05, 3.63) is 120 Å². The molecule has 0 saturated heterocycles. The van der Waals surface area contributed by atoms with Crippen molar-refractivity contribution in [2.75, 3.05) is 0 Å². The van der Waals surface area contributed by atoms with Crippen molar-refractivity contribution in [2.24, 2.45) is 34.5 Å². The predicted octanol–water partition coefficient (Wildman–Crippen LogP) is 12.9. The molecule has 8 aliphatic carbocycles. The molecular formula is C48H50. The fourth-order valence-corrected chi connectivity index (χ4v) is 14.7. The molecule has 4 aromatic rings. The van der Waals surface area contributed by atoms with Crippen molar-refractivity contribution in [1.29, 1.82) is 0 Å². The Morgan fingerprint density at radius 2 is 0.812 bits per heavy atom. The van der Waals surface area contributed by atoms with Crippen LogP contribution in [0.5, 0.6) is 0 Å². The van der Waals surface area contributed by atoms with Crippen LogP contribution in [0.25, 0.3) is 45.8 Å². The molecule has 0 heteroatoms. The molecule has 8 bridgehead atoms. The van der Waals surface area contributed by atoms with Crippen molar-refractivity contribution in [2.45, 2.75) is 87.9 Å². The quantitative estimate of drug-likeness (QED) is 0.191. The van der Waals surface area contributed by atoms with E-state index in [4.69, 9.17) is 0 Å². The summed E-state index contributed by atoms with van der Waals surface area (Å²) in [4.78, 5) is 0. The Hall–Kier alpha value is -3.64. The molecule has 4 atom stereocenters. The fourth-order valence-electron chi connectivity index (χ4n) is 14.7. The topological polar surface area (TPSA) is 0 Å². The summed E-state index contributed by atoms with van der Waals surface area (Å²) in [5, 5.41) is 5.71. The lowest BCUT2D eigenvalue weighted by atomic mass is 9.30. The van der Waals surface area contributed by atoms with Gasteiger partial charge in [-0.25, -0.2) is 0 Å². The van der Waals surface area contributed by atoms with Gasteiger partial charge >= 0.3 is 0 Å². The minimum absolute atomic E-state index is 0.299. The van der Waals surface area contributed by atoms with Gasteiger partial charge in [-0.2, -0.15) is 0 Å². The van der Waals surface area contributed by atoms with E-state index >= 15 is 0 Å². The molecule has 0 nitrogen and oxygen atoms in total. The summed E-state index contributed by atoms with van der Waals surface area (Å²) in [6.07, 6.45) is 25.4. The van der Waals surface area contributed by atoms with E-state index in [0.29, 0.717) is 21.7 Å². The highest BCUT2D eigenvalue weighted by Gasteiger charge is 2.70. The Morgan fingerprint density at radius 3 is 1.17 bits per heavy atom. The molecule has 0 heterocycles. The SMILES string of the molecule is C=Cc1cc2cccc(C34CC5CC(C3)CC(C36CC7CC(CC(c8cccc9cc(C=C)c(C=C)cc89)(C7)C3)C6)(C5)C4)c2cc1C=C. The van der Waals surface area contributed by atoms with Crippen LogP contribution in [0.15, 0.2) is 87.0 Å². The second-order valence-electron chi connectivity index (χ2n) is 17.9. The van der Waals surface area contributed by atoms with Gasteiger partial charge in [-0.15, -0.1) is 0 Å². The van der Waals surface area contributed by atoms with E-state index < -0.39 is 0 Å². The molecule has 4 aromatic carbocycles. The second-order valence-corrected chi connectivity index (χ2v) is 17.9. The average Bonchev–Trinajstić information content (AvgIpc) is 3.08. The summed E-state index contributed by atoms with van der Waals surface area (Å²) in [6, 6.07) is 24.1. The van der Waals surface area contributed by atoms with Gasteiger partial charge in [0, 0.05) is 0 Å². The van der Waals surface area contributed by atoms with Crippen LogP contribution in [0.3, 0.4) is 0 Å². The molecule has 4 unspecified atom stereocenters. The van der Waals surface area contributed by atoms with Crippen molar-refractivity contribution in [3.8, 4) is 0 Å². The van der Waals surface area contributed by atoms with E-state index in [-0.39, 0.29) is 0 Å². The molecule has 48 heavy (non-hydrogen) atoms. The Balaban J connectivity index is 1.11. The van der Waals surface area contributed by atoms with Gasteiger partial charge < -0.3 is 0 Å². The monoisotopic (exact) mass is 626 g/mol. The molecule has 0 N–H and O–H groups in total. The maximum atomic E-state index is 4.20. The smallest absolute Gasteiger partial charge is 0.00301 e. The zero-order chi connectivity index (χ0) is 32.5. The first kappa shape index (κ1) is 29.3. The predicted molar refractivity (Wildman–Crippen MR) is 206 cm³/mol. The van der Waals surface area contributed by atoms with Crippen LogP contribution >= 0.6 is 0 Å². The maximum Gasteiger partial charge on any atom is -0.00301 e. The third-order valence-corrected chi connectivity index (χ3v) is 15.4. The molecule has 0 aromatic heterocycles. The Kier molecular flexibility index (Phi) is 6.08. The standard InChI is InChI=1S/C48H50/c1-5-35-17-39-11-9-13-43(41(39)19-37(35)7-3)45-21-31-15-32(22-45)26-47(25-31,29-45)48-27-33-16-34(28-48)24-46(23-33,30-48)44-14-10-12-40-18-36(6-2)38(8-4)20-42(40)44/h5-14,17-20,31-34H,1-4,15-16,21-30H2. The number of benzene rings is 4. The highest BCUT2D eigenvalue weighted by Crippen LogP contribution is 2.79. The Morgan fingerprint density at radius 1 is 0.458 bits per heavy atom. The number of hydrogen-bond donors (Lipinski definition) is 0. The minimum atomic E-state index is 0.299. The molecule has 0 spiro atoms. The molecular weight excluding hydrogens is 577 g/mol. The molecule has 12 rings (SSSR count). The van der Waals surface area contributed by atoms with Gasteiger partial charge in [-0.3, -0.25) is 0 Å². The van der Waals surface area contributed by atoms with Crippen molar-refractivity contribution in [1.82, 2.24) is 0 Å². The highest BCUT2D eigenvalue weighted by atomic mass is 14.7. The van der Waals surface area contributed by atoms with E-state index in [1.165, 1.54) is 121 Å². The highest BCUT2D eigenvalue weighted by molar-refractivity contribution is 5.93. The third-order valence-electron chi connectivity index (χ3n) is 15.4. The Labute approximate surface area is 287 Å². The molecule has 0 radical (unpaired) electrons. The summed E-state index contributed by atoms with van der Waals surface area (Å²) in [6.45, 7) is 16.6. The maximum absolute atomic E-state index is 4.20. The molecule has 0 amide bonds. The average molecular weight is 627 g/mol. The molecule has 8 saturated carbocycles. The molecule has 242 valence electrons. The minimum Gasteiger partial charge on any atom is -0.0984 e. The van der Waals surface area contributed by atoms with E-state index in [2.05, 4.69) is 87.0 Å². The largest absolute Gasteiger partial charge is 0.0984 e. The summed E-state index contributed by atoms with van der Waals surface area (Å²) in [5.41, 5.74) is 9.69. The van der Waals surface area contributed by atoms with Gasteiger partial charge in [0.25, 0.3) is 0 Å². The molecule has 8 fully saturated rings. The van der Waals surface area contributed by atoms with E-state index in [1.807, 2.05) is 24.3 Å². The summed E-state index contributed by atoms with van der Waals surface area (Å²) >= 11 is 0. The van der Waals surface area contributed by atoms with Crippen molar-refractivity contribution < 1.29 is 0 Å². The number of hydrogen-bond acceptors (Lipinski definition) is 0. The van der Waals surface area contributed by atoms with Gasteiger partial charge in [0.05, 0.1) is 0 Å². The van der Waals surface area contributed by atoms with Crippen molar-refractivity contribution >= 4 is 45.8 Å². The lowest BCUT2D eigenvalue weighted by Gasteiger charge is -2.74. The normalized spacial score (nSPS) is 37.2. The molecule has 0 aliphatic heterocycles. The van der Waals surface area contributed by atoms with E-state index in [0.717, 1.165) is 23.7 Å². The second kappa shape index (κ2) is 9.97. The van der Waals surface area contributed by atoms with Crippen LogP contribution in [-0.4, -0.2) is 0 Å². The first-order valence-corrected chi connectivity index (χ1v) is 19.0.